The number of hydrogen-bond donors (Lipinski definition) is 2. The Bertz CT molecular complexity index is 266. The predicted octanol–water partition coefficient (Wildman–Crippen LogP) is 2.28. The van der Waals surface area contributed by atoms with Crippen molar-refractivity contribution in [1.82, 2.24) is 5.32 Å². The molecule has 1 saturated carbocycles. The molecule has 1 aliphatic carbocycles. The molecule has 1 rings (SSSR count). The molecule has 0 aliphatic heterocycles. The molecule has 4 heteroatoms. The van der Waals surface area contributed by atoms with Crippen LogP contribution in [-0.4, -0.2) is 36.9 Å². The minimum absolute atomic E-state index is 0.105. The van der Waals surface area contributed by atoms with Crippen molar-refractivity contribution >= 4 is 5.97 Å². The average molecular weight is 257 g/mol. The Balaban J connectivity index is 2.27. The van der Waals surface area contributed by atoms with Crippen molar-refractivity contribution in [3.05, 3.63) is 0 Å². The maximum Gasteiger partial charge on any atom is 0.306 e. The molecule has 18 heavy (non-hydrogen) atoms. The summed E-state index contributed by atoms with van der Waals surface area (Å²) in [5.41, 5.74) is -0.105. The first-order valence-corrected chi connectivity index (χ1v) is 6.95. The smallest absolute Gasteiger partial charge is 0.306 e. The minimum atomic E-state index is -0.626. The first-order valence-electron chi connectivity index (χ1n) is 6.95. The van der Waals surface area contributed by atoms with Crippen LogP contribution in [0.25, 0.3) is 0 Å². The van der Waals surface area contributed by atoms with Gasteiger partial charge in [0.2, 0.25) is 0 Å². The summed E-state index contributed by atoms with van der Waals surface area (Å²) >= 11 is 0. The van der Waals surface area contributed by atoms with Gasteiger partial charge in [0.25, 0.3) is 0 Å². The number of methoxy groups -OCH3 is 1. The summed E-state index contributed by atoms with van der Waals surface area (Å²) in [7, 11) is 1.72. The molecule has 0 aromatic rings. The minimum Gasteiger partial charge on any atom is -0.481 e. The molecular weight excluding hydrogens is 230 g/mol. The summed E-state index contributed by atoms with van der Waals surface area (Å²) in [5.74, 6) is -0.484. The van der Waals surface area contributed by atoms with Crippen molar-refractivity contribution < 1.29 is 14.6 Å². The highest BCUT2D eigenvalue weighted by Gasteiger charge is 2.30. The first kappa shape index (κ1) is 15.4. The van der Waals surface area contributed by atoms with Crippen LogP contribution in [0.5, 0.6) is 0 Å². The second kappa shape index (κ2) is 7.10. The molecule has 1 aliphatic rings. The monoisotopic (exact) mass is 257 g/mol. The Morgan fingerprint density at radius 1 is 1.39 bits per heavy atom. The Morgan fingerprint density at radius 2 is 2.06 bits per heavy atom. The summed E-state index contributed by atoms with van der Waals surface area (Å²) in [6, 6.07) is 0. The number of rotatable bonds is 7. The third kappa shape index (κ3) is 4.94. The number of aliphatic carboxylic acids is 1. The van der Waals surface area contributed by atoms with Crippen LogP contribution >= 0.6 is 0 Å². The number of carbonyl (C=O) groups is 1. The highest BCUT2D eigenvalue weighted by atomic mass is 16.5. The first-order chi connectivity index (χ1) is 8.46. The molecule has 0 spiro atoms. The predicted molar refractivity (Wildman–Crippen MR) is 71.7 cm³/mol. The number of carboxylic acids is 1. The number of ether oxygens (including phenoxy) is 1. The van der Waals surface area contributed by atoms with Gasteiger partial charge in [-0.3, -0.25) is 4.79 Å². The van der Waals surface area contributed by atoms with Crippen molar-refractivity contribution in [3.63, 3.8) is 0 Å². The highest BCUT2D eigenvalue weighted by molar-refractivity contribution is 5.70. The van der Waals surface area contributed by atoms with Gasteiger partial charge < -0.3 is 15.2 Å². The summed E-state index contributed by atoms with van der Waals surface area (Å²) in [6.07, 6.45) is 5.04. The van der Waals surface area contributed by atoms with Gasteiger partial charge in [-0.2, -0.15) is 0 Å². The van der Waals surface area contributed by atoms with Crippen LogP contribution in [0.2, 0.25) is 0 Å². The third-order valence-electron chi connectivity index (χ3n) is 4.09. The second-order valence-corrected chi connectivity index (χ2v) is 5.91. The topological polar surface area (TPSA) is 58.6 Å². The fourth-order valence-corrected chi connectivity index (χ4v) is 2.56. The fraction of sp³-hybridized carbons (Fsp3) is 0.929. The number of nitrogens with one attached hydrogen (secondary N) is 1. The lowest BCUT2D eigenvalue weighted by Crippen LogP contribution is -2.36. The van der Waals surface area contributed by atoms with Crippen LogP contribution in [0, 0.1) is 11.8 Å². The largest absolute Gasteiger partial charge is 0.481 e. The van der Waals surface area contributed by atoms with E-state index in [1.165, 1.54) is 6.42 Å². The van der Waals surface area contributed by atoms with Gasteiger partial charge in [-0.15, -0.1) is 0 Å². The zero-order valence-electron chi connectivity index (χ0n) is 11.9. The van der Waals surface area contributed by atoms with Gasteiger partial charge in [-0.05, 0) is 52.1 Å². The quantitative estimate of drug-likeness (QED) is 0.687. The SMILES string of the molecule is COC(C)(C)CCNCC1CCCCC1C(=O)O. The van der Waals surface area contributed by atoms with Crippen LogP contribution in [-0.2, 0) is 9.53 Å². The molecule has 4 nitrogen and oxygen atoms in total. The van der Waals surface area contributed by atoms with E-state index in [0.29, 0.717) is 5.92 Å². The van der Waals surface area contributed by atoms with E-state index in [1.807, 2.05) is 0 Å². The maximum atomic E-state index is 11.2. The Hall–Kier alpha value is -0.610. The van der Waals surface area contributed by atoms with E-state index >= 15 is 0 Å². The Labute approximate surface area is 110 Å². The van der Waals surface area contributed by atoms with Gasteiger partial charge in [-0.1, -0.05) is 12.8 Å². The molecule has 0 aromatic carbocycles. The lowest BCUT2D eigenvalue weighted by molar-refractivity contribution is -0.144. The maximum absolute atomic E-state index is 11.2. The molecule has 2 atom stereocenters. The summed E-state index contributed by atoms with van der Waals surface area (Å²) in [6.45, 7) is 5.82. The summed E-state index contributed by atoms with van der Waals surface area (Å²) < 4.78 is 5.35. The molecule has 106 valence electrons. The van der Waals surface area contributed by atoms with Crippen LogP contribution in [0.1, 0.15) is 46.0 Å². The lowest BCUT2D eigenvalue weighted by Gasteiger charge is -2.29. The van der Waals surface area contributed by atoms with Crippen LogP contribution in [0.4, 0.5) is 0 Å². The molecule has 0 amide bonds. The second-order valence-electron chi connectivity index (χ2n) is 5.91. The fourth-order valence-electron chi connectivity index (χ4n) is 2.56. The van der Waals surface area contributed by atoms with E-state index < -0.39 is 5.97 Å². The highest BCUT2D eigenvalue weighted by Crippen LogP contribution is 2.29. The molecule has 2 unspecified atom stereocenters. The molecule has 2 N–H and O–H groups in total. The van der Waals surface area contributed by atoms with E-state index in [1.54, 1.807) is 7.11 Å². The molecule has 0 aromatic heterocycles. The van der Waals surface area contributed by atoms with Gasteiger partial charge in [0.15, 0.2) is 0 Å². The number of carboxylic acid groups (broad SMARTS) is 1. The van der Waals surface area contributed by atoms with Gasteiger partial charge in [0.05, 0.1) is 11.5 Å². The number of hydrogen-bond acceptors (Lipinski definition) is 3. The van der Waals surface area contributed by atoms with Crippen molar-refractivity contribution in [2.75, 3.05) is 20.2 Å². The third-order valence-corrected chi connectivity index (χ3v) is 4.09. The molecule has 0 saturated heterocycles. The average Bonchev–Trinajstić information content (AvgIpc) is 2.35. The van der Waals surface area contributed by atoms with E-state index in [2.05, 4.69) is 19.2 Å². The van der Waals surface area contributed by atoms with Gasteiger partial charge in [0.1, 0.15) is 0 Å². The standard InChI is InChI=1S/C14H27NO3/c1-14(2,18-3)8-9-15-10-11-6-4-5-7-12(11)13(16)17/h11-12,15H,4-10H2,1-3H3,(H,16,17). The van der Waals surface area contributed by atoms with E-state index in [9.17, 15) is 9.90 Å². The summed E-state index contributed by atoms with van der Waals surface area (Å²) in [4.78, 5) is 11.2. The van der Waals surface area contributed by atoms with Gasteiger partial charge in [0, 0.05) is 7.11 Å². The lowest BCUT2D eigenvalue weighted by atomic mass is 9.79. The zero-order chi connectivity index (χ0) is 13.6. The molecule has 0 radical (unpaired) electrons. The van der Waals surface area contributed by atoms with Gasteiger partial charge >= 0.3 is 5.97 Å². The van der Waals surface area contributed by atoms with Crippen LogP contribution in [0.3, 0.4) is 0 Å². The van der Waals surface area contributed by atoms with Gasteiger partial charge in [-0.25, -0.2) is 0 Å². The van der Waals surface area contributed by atoms with Crippen molar-refractivity contribution in [3.8, 4) is 0 Å². The van der Waals surface area contributed by atoms with Crippen LogP contribution in [0.15, 0.2) is 0 Å². The van der Waals surface area contributed by atoms with Crippen molar-refractivity contribution in [1.29, 1.82) is 0 Å². The Kier molecular flexibility index (Phi) is 6.09. The van der Waals surface area contributed by atoms with Crippen molar-refractivity contribution in [2.24, 2.45) is 11.8 Å². The molecule has 0 bridgehead atoms. The zero-order valence-corrected chi connectivity index (χ0v) is 11.9. The summed E-state index contributed by atoms with van der Waals surface area (Å²) in [5, 5.41) is 12.6. The molecule has 0 heterocycles. The Morgan fingerprint density at radius 3 is 2.67 bits per heavy atom. The van der Waals surface area contributed by atoms with E-state index in [4.69, 9.17) is 4.74 Å². The van der Waals surface area contributed by atoms with E-state index in [0.717, 1.165) is 38.8 Å². The normalized spacial score (nSPS) is 25.1. The molecule has 1 fully saturated rings. The van der Waals surface area contributed by atoms with Crippen LogP contribution < -0.4 is 5.32 Å². The van der Waals surface area contributed by atoms with E-state index in [-0.39, 0.29) is 11.5 Å². The van der Waals surface area contributed by atoms with Crippen molar-refractivity contribution in [2.45, 2.75) is 51.6 Å². The molecular formula is C14H27NO3.